The van der Waals surface area contributed by atoms with Gasteiger partial charge in [-0.3, -0.25) is 0 Å². The standard InChI is InChI=1S/C22H26BrNO3/c1-14-8-9-17(12-16(14)3)13-24(4)21-15(2)6-5-7-18(21)20(23)19(10-11-25)22(26)27/h5-9,12,25H,10-11,13H2,1-4H3,(H,26,27)/b20-19-. The average Bonchev–Trinajstić information content (AvgIpc) is 2.61. The fourth-order valence-corrected chi connectivity index (χ4v) is 3.87. The molecule has 27 heavy (non-hydrogen) atoms. The number of aliphatic hydroxyl groups excluding tert-OH is 1. The van der Waals surface area contributed by atoms with E-state index >= 15 is 0 Å². The van der Waals surface area contributed by atoms with Crippen LogP contribution in [-0.2, 0) is 11.3 Å². The third kappa shape index (κ3) is 4.99. The van der Waals surface area contributed by atoms with Gasteiger partial charge >= 0.3 is 5.97 Å². The first-order valence-electron chi connectivity index (χ1n) is 8.86. The van der Waals surface area contributed by atoms with Crippen LogP contribution in [0, 0.1) is 20.8 Å². The predicted octanol–water partition coefficient (Wildman–Crippen LogP) is 4.82. The van der Waals surface area contributed by atoms with Crippen molar-refractivity contribution in [1.29, 1.82) is 0 Å². The number of aliphatic hydroxyl groups is 1. The maximum Gasteiger partial charge on any atom is 0.332 e. The molecule has 0 atom stereocenters. The Hall–Kier alpha value is -2.11. The van der Waals surface area contributed by atoms with Crippen molar-refractivity contribution in [2.24, 2.45) is 0 Å². The van der Waals surface area contributed by atoms with Crippen molar-refractivity contribution in [3.05, 3.63) is 69.8 Å². The maximum atomic E-state index is 11.6. The SMILES string of the molecule is Cc1ccc(CN(C)c2c(C)cccc2/C(Br)=C(\CCO)C(=O)O)cc1C. The zero-order valence-electron chi connectivity index (χ0n) is 16.2. The minimum absolute atomic E-state index is 0.0875. The van der Waals surface area contributed by atoms with Crippen LogP contribution in [-0.4, -0.2) is 29.8 Å². The van der Waals surface area contributed by atoms with E-state index in [4.69, 9.17) is 0 Å². The highest BCUT2D eigenvalue weighted by Crippen LogP contribution is 2.36. The summed E-state index contributed by atoms with van der Waals surface area (Å²) in [5.41, 5.74) is 6.73. The molecule has 2 rings (SSSR count). The number of aryl methyl sites for hydroxylation is 3. The third-order valence-corrected chi connectivity index (χ3v) is 5.64. The lowest BCUT2D eigenvalue weighted by atomic mass is 10.0. The fourth-order valence-electron chi connectivity index (χ4n) is 3.18. The lowest BCUT2D eigenvalue weighted by Gasteiger charge is -2.25. The van der Waals surface area contributed by atoms with Crippen LogP contribution in [0.3, 0.4) is 0 Å². The van der Waals surface area contributed by atoms with Crippen molar-refractivity contribution in [1.82, 2.24) is 0 Å². The molecule has 2 N–H and O–H groups in total. The van der Waals surface area contributed by atoms with E-state index in [1.807, 2.05) is 32.2 Å². The smallest absolute Gasteiger partial charge is 0.332 e. The van der Waals surface area contributed by atoms with Crippen LogP contribution >= 0.6 is 15.9 Å². The van der Waals surface area contributed by atoms with Crippen LogP contribution in [0.25, 0.3) is 4.48 Å². The predicted molar refractivity (Wildman–Crippen MR) is 114 cm³/mol. The van der Waals surface area contributed by atoms with Crippen LogP contribution in [0.1, 0.15) is 34.2 Å². The number of anilines is 1. The zero-order chi connectivity index (χ0) is 20.1. The first kappa shape index (κ1) is 21.2. The quantitative estimate of drug-likeness (QED) is 0.616. The summed E-state index contributed by atoms with van der Waals surface area (Å²) >= 11 is 3.47. The van der Waals surface area contributed by atoms with E-state index in [9.17, 15) is 15.0 Å². The van der Waals surface area contributed by atoms with E-state index in [1.54, 1.807) is 0 Å². The Morgan fingerprint density at radius 2 is 1.78 bits per heavy atom. The summed E-state index contributed by atoms with van der Waals surface area (Å²) in [6.45, 7) is 6.71. The monoisotopic (exact) mass is 431 g/mol. The molecule has 0 aliphatic carbocycles. The number of para-hydroxylation sites is 1. The van der Waals surface area contributed by atoms with Gasteiger partial charge in [0.05, 0.1) is 5.57 Å². The highest BCUT2D eigenvalue weighted by Gasteiger charge is 2.19. The summed E-state index contributed by atoms with van der Waals surface area (Å²) in [6, 6.07) is 12.3. The van der Waals surface area contributed by atoms with Crippen molar-refractivity contribution in [2.75, 3.05) is 18.6 Å². The van der Waals surface area contributed by atoms with Gasteiger partial charge in [0.1, 0.15) is 0 Å². The molecule has 0 amide bonds. The molecule has 0 bridgehead atoms. The molecule has 0 aliphatic heterocycles. The first-order chi connectivity index (χ1) is 12.8. The van der Waals surface area contributed by atoms with E-state index in [0.717, 1.165) is 16.8 Å². The molecule has 0 saturated heterocycles. The van der Waals surface area contributed by atoms with Gasteiger partial charge < -0.3 is 15.1 Å². The van der Waals surface area contributed by atoms with Gasteiger partial charge in [-0.25, -0.2) is 4.79 Å². The normalized spacial score (nSPS) is 11.9. The molecule has 4 nitrogen and oxygen atoms in total. The second-order valence-electron chi connectivity index (χ2n) is 6.82. The molecular weight excluding hydrogens is 406 g/mol. The van der Waals surface area contributed by atoms with Crippen LogP contribution in [0.15, 0.2) is 42.0 Å². The zero-order valence-corrected chi connectivity index (χ0v) is 17.8. The molecule has 0 unspecified atom stereocenters. The third-order valence-electron chi connectivity index (χ3n) is 4.73. The maximum absolute atomic E-state index is 11.6. The first-order valence-corrected chi connectivity index (χ1v) is 9.65. The largest absolute Gasteiger partial charge is 0.478 e. The minimum Gasteiger partial charge on any atom is -0.478 e. The van der Waals surface area contributed by atoms with Gasteiger partial charge in [-0.05, 0) is 59.0 Å². The highest BCUT2D eigenvalue weighted by molar-refractivity contribution is 9.15. The van der Waals surface area contributed by atoms with Gasteiger partial charge in [0, 0.05) is 42.4 Å². The summed E-state index contributed by atoms with van der Waals surface area (Å²) in [5.74, 6) is -1.03. The van der Waals surface area contributed by atoms with Gasteiger partial charge in [0.25, 0.3) is 0 Å². The topological polar surface area (TPSA) is 60.8 Å². The van der Waals surface area contributed by atoms with Crippen molar-refractivity contribution in [2.45, 2.75) is 33.7 Å². The molecule has 0 aromatic heterocycles. The van der Waals surface area contributed by atoms with Crippen molar-refractivity contribution in [3.8, 4) is 0 Å². The molecule has 0 fully saturated rings. The lowest BCUT2D eigenvalue weighted by molar-refractivity contribution is -0.132. The van der Waals surface area contributed by atoms with Gasteiger partial charge in [0.2, 0.25) is 0 Å². The van der Waals surface area contributed by atoms with E-state index in [2.05, 4.69) is 52.9 Å². The van der Waals surface area contributed by atoms with Gasteiger partial charge in [0.15, 0.2) is 0 Å². The Bertz CT molecular complexity index is 874. The Labute approximate surface area is 169 Å². The molecular formula is C22H26BrNO3. The van der Waals surface area contributed by atoms with Crippen LogP contribution in [0.4, 0.5) is 5.69 Å². The molecule has 0 saturated carbocycles. The Balaban J connectivity index is 2.49. The molecule has 0 radical (unpaired) electrons. The summed E-state index contributed by atoms with van der Waals surface area (Å²) in [5, 5.41) is 18.7. The molecule has 144 valence electrons. The molecule has 0 spiro atoms. The van der Waals surface area contributed by atoms with Crippen LogP contribution < -0.4 is 4.90 Å². The minimum atomic E-state index is -1.03. The van der Waals surface area contributed by atoms with E-state index < -0.39 is 5.97 Å². The summed E-state index contributed by atoms with van der Waals surface area (Å²) in [6.07, 6.45) is 0.0875. The van der Waals surface area contributed by atoms with E-state index in [0.29, 0.717) is 11.0 Å². The summed E-state index contributed by atoms with van der Waals surface area (Å²) in [7, 11) is 2.01. The number of aliphatic carboxylic acids is 1. The second-order valence-corrected chi connectivity index (χ2v) is 7.61. The lowest BCUT2D eigenvalue weighted by Crippen LogP contribution is -2.19. The molecule has 2 aromatic rings. The van der Waals surface area contributed by atoms with Gasteiger partial charge in [-0.1, -0.05) is 36.4 Å². The number of rotatable bonds is 7. The van der Waals surface area contributed by atoms with Crippen LogP contribution in [0.5, 0.6) is 0 Å². The number of hydrogen-bond donors (Lipinski definition) is 2. The Morgan fingerprint density at radius 1 is 1.07 bits per heavy atom. The number of nitrogens with zero attached hydrogens (tertiary/aromatic N) is 1. The van der Waals surface area contributed by atoms with Crippen LogP contribution in [0.2, 0.25) is 0 Å². The molecule has 2 aromatic carbocycles. The summed E-state index contributed by atoms with van der Waals surface area (Å²) in [4.78, 5) is 13.8. The number of carbonyl (C=O) groups is 1. The number of carboxylic acids is 1. The second kappa shape index (κ2) is 9.20. The number of halogens is 1. The Kier molecular flexibility index (Phi) is 7.22. The van der Waals surface area contributed by atoms with E-state index in [1.165, 1.54) is 16.7 Å². The highest BCUT2D eigenvalue weighted by atomic mass is 79.9. The van der Waals surface area contributed by atoms with E-state index in [-0.39, 0.29) is 18.6 Å². The fraction of sp³-hybridized carbons (Fsp3) is 0.318. The van der Waals surface area contributed by atoms with Crippen molar-refractivity contribution >= 4 is 32.1 Å². The average molecular weight is 432 g/mol. The number of carboxylic acid groups (broad SMARTS) is 1. The van der Waals surface area contributed by atoms with Gasteiger partial charge in [-0.2, -0.15) is 0 Å². The van der Waals surface area contributed by atoms with Gasteiger partial charge in [-0.15, -0.1) is 0 Å². The van der Waals surface area contributed by atoms with Crippen molar-refractivity contribution < 1.29 is 15.0 Å². The van der Waals surface area contributed by atoms with Crippen molar-refractivity contribution in [3.63, 3.8) is 0 Å². The number of benzene rings is 2. The molecule has 0 heterocycles. The number of hydrogen-bond acceptors (Lipinski definition) is 3. The Morgan fingerprint density at radius 3 is 2.37 bits per heavy atom. The summed E-state index contributed by atoms with van der Waals surface area (Å²) < 4.78 is 0.509. The molecule has 0 aliphatic rings. The molecule has 5 heteroatoms.